The van der Waals surface area contributed by atoms with E-state index in [9.17, 15) is 27.6 Å². The first-order chi connectivity index (χ1) is 32.2. The highest BCUT2D eigenvalue weighted by molar-refractivity contribution is 7.86. The average Bonchev–Trinajstić information content (AvgIpc) is 3.85. The lowest BCUT2D eigenvalue weighted by Crippen LogP contribution is -2.52. The summed E-state index contributed by atoms with van der Waals surface area (Å²) in [6.07, 6.45) is 1.32. The van der Waals surface area contributed by atoms with E-state index in [2.05, 4.69) is 0 Å². The average molecular weight is 982 g/mol. The standard InChI is InChI=1S/C29H38N2O7S.C22H31ClN2O4/c1-21-10-12-24(13-11-21)39(34,35)37-17-15-23-18-31(28(33)38-29(2,3)4)26-19-30(16-14-25(23)26)27(32)36-20-22-8-6-5-7-9-22;1-22(2,3)29-21(27)25-13-17(9-11-23)18-10-12-24(14-19(18)25)20(26)28-15-16-7-5-4-6-8-16/h5-13,23,25-26H,14-20H2,1-4H3;4-8,17-19H,9-15H2,1-3H3. The van der Waals surface area contributed by atoms with Gasteiger partial charge < -0.3 is 38.5 Å². The van der Waals surface area contributed by atoms with E-state index in [1.807, 2.05) is 109 Å². The number of ether oxygens (including phenoxy) is 4. The van der Waals surface area contributed by atoms with Crippen LogP contribution in [-0.2, 0) is 46.5 Å². The van der Waals surface area contributed by atoms with Crippen LogP contribution in [0.2, 0.25) is 0 Å². The quantitative estimate of drug-likeness (QED) is 0.102. The van der Waals surface area contributed by atoms with Crippen molar-refractivity contribution in [3.63, 3.8) is 0 Å². The number of fused-ring (bicyclic) bond motifs is 2. The number of benzene rings is 3. The van der Waals surface area contributed by atoms with Gasteiger partial charge in [-0.1, -0.05) is 78.4 Å². The van der Waals surface area contributed by atoms with Crippen molar-refractivity contribution in [2.24, 2.45) is 23.7 Å². The largest absolute Gasteiger partial charge is 0.445 e. The highest BCUT2D eigenvalue weighted by Gasteiger charge is 2.50. The topological polar surface area (TPSA) is 162 Å². The van der Waals surface area contributed by atoms with Gasteiger partial charge in [-0.15, -0.1) is 11.6 Å². The minimum absolute atomic E-state index is 0.00901. The van der Waals surface area contributed by atoms with Gasteiger partial charge in [-0.25, -0.2) is 19.2 Å². The Kier molecular flexibility index (Phi) is 17.7. The van der Waals surface area contributed by atoms with Crippen molar-refractivity contribution in [3.05, 3.63) is 102 Å². The summed E-state index contributed by atoms with van der Waals surface area (Å²) in [6, 6.07) is 25.3. The molecule has 4 saturated heterocycles. The normalized spacial score (nSPS) is 22.6. The molecule has 3 aromatic rings. The van der Waals surface area contributed by atoms with Crippen LogP contribution in [0.1, 0.15) is 83.9 Å². The number of alkyl halides is 1. The van der Waals surface area contributed by atoms with Crippen molar-refractivity contribution in [3.8, 4) is 0 Å². The second-order valence-electron chi connectivity index (χ2n) is 20.2. The predicted octanol–water partition coefficient (Wildman–Crippen LogP) is 9.49. The summed E-state index contributed by atoms with van der Waals surface area (Å²) in [7, 11) is -3.88. The molecular formula is C51H69ClN4O11S. The summed E-state index contributed by atoms with van der Waals surface area (Å²) < 4.78 is 53.0. The van der Waals surface area contributed by atoms with E-state index in [4.69, 9.17) is 34.7 Å². The number of aryl methyl sites for hydroxylation is 1. The van der Waals surface area contributed by atoms with Crippen molar-refractivity contribution in [1.29, 1.82) is 0 Å². The molecule has 7 rings (SSSR count). The molecule has 0 radical (unpaired) electrons. The maximum Gasteiger partial charge on any atom is 0.410 e. The molecule has 68 heavy (non-hydrogen) atoms. The Morgan fingerprint density at radius 2 is 1.03 bits per heavy atom. The third-order valence-electron chi connectivity index (χ3n) is 12.8. The van der Waals surface area contributed by atoms with E-state index in [-0.39, 0.29) is 60.8 Å². The van der Waals surface area contributed by atoms with Gasteiger partial charge in [0.05, 0.1) is 23.6 Å². The Hall–Kier alpha value is -5.06. The summed E-state index contributed by atoms with van der Waals surface area (Å²) in [5.41, 5.74) is 1.59. The van der Waals surface area contributed by atoms with Gasteiger partial charge in [0.25, 0.3) is 10.1 Å². The Bertz CT molecular complexity index is 2260. The highest BCUT2D eigenvalue weighted by atomic mass is 35.5. The molecule has 6 atom stereocenters. The molecule has 4 aliphatic heterocycles. The number of nitrogens with zero attached hydrogens (tertiary/aromatic N) is 4. The Morgan fingerprint density at radius 1 is 0.603 bits per heavy atom. The molecule has 0 saturated carbocycles. The number of hydrogen-bond donors (Lipinski definition) is 0. The lowest BCUT2D eigenvalue weighted by molar-refractivity contribution is 0.0102. The van der Waals surface area contributed by atoms with Gasteiger partial charge in [0.1, 0.15) is 24.4 Å². The number of rotatable bonds is 11. The van der Waals surface area contributed by atoms with Crippen LogP contribution in [0.5, 0.6) is 0 Å². The molecule has 0 aliphatic carbocycles. The lowest BCUT2D eigenvalue weighted by atomic mass is 9.83. The summed E-state index contributed by atoms with van der Waals surface area (Å²) in [4.78, 5) is 58.4. The van der Waals surface area contributed by atoms with Gasteiger partial charge in [-0.3, -0.25) is 4.18 Å². The van der Waals surface area contributed by atoms with Gasteiger partial charge in [0.2, 0.25) is 0 Å². The van der Waals surface area contributed by atoms with Crippen molar-refractivity contribution in [1.82, 2.24) is 19.6 Å². The monoisotopic (exact) mass is 980 g/mol. The highest BCUT2D eigenvalue weighted by Crippen LogP contribution is 2.40. The summed E-state index contributed by atoms with van der Waals surface area (Å²) in [5.74, 6) is 1.34. The van der Waals surface area contributed by atoms with Crippen LogP contribution < -0.4 is 0 Å². The number of carbonyl (C=O) groups excluding carboxylic acids is 4. The van der Waals surface area contributed by atoms with Gasteiger partial charge in [-0.05, 0) is 121 Å². The zero-order chi connectivity index (χ0) is 49.2. The molecule has 0 N–H and O–H groups in total. The minimum atomic E-state index is -3.88. The molecule has 3 aromatic carbocycles. The second kappa shape index (κ2) is 23.0. The minimum Gasteiger partial charge on any atom is -0.445 e. The maximum atomic E-state index is 13.1. The fourth-order valence-corrected chi connectivity index (χ4v) is 10.8. The van der Waals surface area contributed by atoms with E-state index in [1.165, 1.54) is 12.1 Å². The van der Waals surface area contributed by atoms with E-state index in [1.54, 1.807) is 31.7 Å². The number of halogens is 1. The van der Waals surface area contributed by atoms with E-state index >= 15 is 0 Å². The first-order valence-corrected chi connectivity index (χ1v) is 25.6. The summed E-state index contributed by atoms with van der Waals surface area (Å²) in [6.45, 7) is 16.3. The van der Waals surface area contributed by atoms with Crippen LogP contribution in [0.25, 0.3) is 0 Å². The van der Waals surface area contributed by atoms with Gasteiger partial charge in [0.15, 0.2) is 0 Å². The van der Waals surface area contributed by atoms with Crippen molar-refractivity contribution in [2.45, 2.75) is 116 Å². The fourth-order valence-electron chi connectivity index (χ4n) is 9.55. The van der Waals surface area contributed by atoms with Crippen LogP contribution in [0.15, 0.2) is 89.8 Å². The first kappa shape index (κ1) is 52.3. The van der Waals surface area contributed by atoms with Gasteiger partial charge in [-0.2, -0.15) is 8.42 Å². The molecule has 4 aliphatic rings. The fraction of sp³-hybridized carbons (Fsp3) is 0.569. The zero-order valence-electron chi connectivity index (χ0n) is 40.5. The number of likely N-dealkylation sites (tertiary alicyclic amines) is 4. The van der Waals surface area contributed by atoms with Crippen LogP contribution in [0.4, 0.5) is 19.2 Å². The predicted molar refractivity (Wildman–Crippen MR) is 257 cm³/mol. The maximum absolute atomic E-state index is 13.1. The van der Waals surface area contributed by atoms with Crippen molar-refractivity contribution < 1.29 is 50.7 Å². The molecule has 6 unspecified atom stereocenters. The molecule has 4 amide bonds. The van der Waals surface area contributed by atoms with E-state index in [0.717, 1.165) is 29.5 Å². The van der Waals surface area contributed by atoms with Crippen LogP contribution in [0, 0.1) is 30.6 Å². The van der Waals surface area contributed by atoms with Crippen molar-refractivity contribution in [2.75, 3.05) is 51.8 Å². The Morgan fingerprint density at radius 3 is 1.44 bits per heavy atom. The summed E-state index contributed by atoms with van der Waals surface area (Å²) in [5, 5.41) is 0. The smallest absolute Gasteiger partial charge is 0.410 e. The van der Waals surface area contributed by atoms with E-state index in [0.29, 0.717) is 69.8 Å². The molecule has 372 valence electrons. The van der Waals surface area contributed by atoms with Crippen LogP contribution in [0.3, 0.4) is 0 Å². The lowest BCUT2D eigenvalue weighted by Gasteiger charge is -2.38. The number of hydrogen-bond acceptors (Lipinski definition) is 11. The molecule has 0 spiro atoms. The third kappa shape index (κ3) is 14.5. The number of piperidine rings is 2. The molecule has 17 heteroatoms. The SMILES string of the molecule is CC(C)(C)OC(=O)N1CC(CCCl)C2CCN(C(=O)OCc3ccccc3)CC21.Cc1ccc(S(=O)(=O)OCCC2CN(C(=O)OC(C)(C)C)C3CN(C(=O)OCc4ccccc4)CCC23)cc1. The van der Waals surface area contributed by atoms with E-state index < -0.39 is 33.5 Å². The first-order valence-electron chi connectivity index (χ1n) is 23.6. The second-order valence-corrected chi connectivity index (χ2v) is 22.1. The van der Waals surface area contributed by atoms with Gasteiger partial charge >= 0.3 is 24.4 Å². The van der Waals surface area contributed by atoms with Crippen LogP contribution in [-0.4, -0.2) is 127 Å². The molecular weight excluding hydrogens is 912 g/mol. The molecule has 4 heterocycles. The molecule has 15 nitrogen and oxygen atoms in total. The Balaban J connectivity index is 0.000000234. The summed E-state index contributed by atoms with van der Waals surface area (Å²) >= 11 is 6.01. The molecule has 4 fully saturated rings. The molecule has 0 bridgehead atoms. The zero-order valence-corrected chi connectivity index (χ0v) is 42.1. The van der Waals surface area contributed by atoms with Crippen LogP contribution >= 0.6 is 11.6 Å². The van der Waals surface area contributed by atoms with Gasteiger partial charge in [0, 0.05) is 45.1 Å². The molecule has 0 aromatic heterocycles. The Labute approximate surface area is 407 Å². The third-order valence-corrected chi connectivity index (χ3v) is 14.4. The number of amides is 4. The van der Waals surface area contributed by atoms with Crippen molar-refractivity contribution >= 4 is 46.1 Å². The number of carbonyl (C=O) groups is 4.